The molecule has 166 valence electrons. The molecule has 0 unspecified atom stereocenters. The van der Waals surface area contributed by atoms with E-state index in [1.165, 1.54) is 64.2 Å². The minimum Gasteiger partial charge on any atom is -0.396 e. The topological polar surface area (TPSA) is 87.4 Å². The summed E-state index contributed by atoms with van der Waals surface area (Å²) in [5.41, 5.74) is 0.198. The smallest absolute Gasteiger partial charge is 0.191 e. The van der Waals surface area contributed by atoms with Crippen LogP contribution in [0.4, 0.5) is 0 Å². The monoisotopic (exact) mass is 518 g/mol. The van der Waals surface area contributed by atoms with E-state index in [1.54, 1.807) is 0 Å². The van der Waals surface area contributed by atoms with Crippen LogP contribution in [0.15, 0.2) is 4.99 Å². The fourth-order valence-corrected chi connectivity index (χ4v) is 4.66. The van der Waals surface area contributed by atoms with Crippen molar-refractivity contribution in [3.8, 4) is 0 Å². The van der Waals surface area contributed by atoms with E-state index in [0.29, 0.717) is 12.6 Å². The van der Waals surface area contributed by atoms with Crippen molar-refractivity contribution in [2.24, 2.45) is 17.5 Å². The standard InChI is InChI=1S/C21H38N6O.HI/c1-17-25-26-19(27(17)2)15-22-20(24-18-9-5-3-6-10-18)23-16-21(13-14-28)11-7-4-8-12-21;/h18,28H,3-16H2,1-2H3,(H2,22,23,24);1H. The number of guanidine groups is 1. The Morgan fingerprint density at radius 1 is 1.14 bits per heavy atom. The summed E-state index contributed by atoms with van der Waals surface area (Å²) in [4.78, 5) is 4.85. The van der Waals surface area contributed by atoms with Gasteiger partial charge in [0.25, 0.3) is 0 Å². The van der Waals surface area contributed by atoms with Crippen molar-refractivity contribution in [3.05, 3.63) is 11.6 Å². The van der Waals surface area contributed by atoms with Gasteiger partial charge in [0.2, 0.25) is 0 Å². The molecule has 3 N–H and O–H groups in total. The minimum absolute atomic E-state index is 0. The molecular formula is C21H39IN6O. The molecular weight excluding hydrogens is 479 g/mol. The van der Waals surface area contributed by atoms with Crippen molar-refractivity contribution in [2.45, 2.75) is 90.1 Å². The molecule has 29 heavy (non-hydrogen) atoms. The maximum atomic E-state index is 9.60. The van der Waals surface area contributed by atoms with Gasteiger partial charge in [-0.05, 0) is 44.4 Å². The van der Waals surface area contributed by atoms with E-state index in [1.807, 2.05) is 18.5 Å². The first-order valence-electron chi connectivity index (χ1n) is 11.1. The predicted molar refractivity (Wildman–Crippen MR) is 128 cm³/mol. The van der Waals surface area contributed by atoms with Crippen LogP contribution < -0.4 is 10.6 Å². The van der Waals surface area contributed by atoms with Crippen molar-refractivity contribution in [1.82, 2.24) is 25.4 Å². The number of nitrogens with zero attached hydrogens (tertiary/aromatic N) is 4. The van der Waals surface area contributed by atoms with Crippen molar-refractivity contribution in [3.63, 3.8) is 0 Å². The normalized spacial score (nSPS) is 20.2. The summed E-state index contributed by atoms with van der Waals surface area (Å²) >= 11 is 0. The molecule has 0 radical (unpaired) electrons. The molecule has 1 heterocycles. The van der Waals surface area contributed by atoms with Crippen LogP contribution in [-0.2, 0) is 13.6 Å². The van der Waals surface area contributed by atoms with Gasteiger partial charge in [-0.25, -0.2) is 4.99 Å². The predicted octanol–water partition coefficient (Wildman–Crippen LogP) is 3.44. The van der Waals surface area contributed by atoms with E-state index < -0.39 is 0 Å². The molecule has 0 saturated heterocycles. The quantitative estimate of drug-likeness (QED) is 0.293. The van der Waals surface area contributed by atoms with Crippen LogP contribution in [0.1, 0.15) is 82.3 Å². The van der Waals surface area contributed by atoms with Crippen molar-refractivity contribution >= 4 is 29.9 Å². The maximum absolute atomic E-state index is 9.60. The molecule has 0 atom stereocenters. The second kappa shape index (κ2) is 12.1. The first kappa shape index (κ1) is 24.4. The van der Waals surface area contributed by atoms with E-state index in [9.17, 15) is 5.11 Å². The number of hydrogen-bond acceptors (Lipinski definition) is 4. The average Bonchev–Trinajstić information content (AvgIpc) is 3.04. The number of aliphatic hydroxyl groups is 1. The fourth-order valence-electron chi connectivity index (χ4n) is 4.66. The summed E-state index contributed by atoms with van der Waals surface area (Å²) in [6, 6.07) is 0.501. The summed E-state index contributed by atoms with van der Waals surface area (Å²) in [6.45, 7) is 3.63. The Morgan fingerprint density at radius 3 is 2.45 bits per heavy atom. The minimum atomic E-state index is 0. The van der Waals surface area contributed by atoms with Gasteiger partial charge >= 0.3 is 0 Å². The first-order chi connectivity index (χ1) is 13.6. The van der Waals surface area contributed by atoms with Crippen LogP contribution in [-0.4, -0.2) is 45.0 Å². The molecule has 0 amide bonds. The van der Waals surface area contributed by atoms with Gasteiger partial charge in [0.05, 0.1) is 0 Å². The van der Waals surface area contributed by atoms with Gasteiger partial charge in [0.15, 0.2) is 11.8 Å². The molecule has 1 aromatic rings. The van der Waals surface area contributed by atoms with Crippen LogP contribution in [0.25, 0.3) is 0 Å². The Balaban J connectivity index is 0.00000300. The van der Waals surface area contributed by atoms with Crippen LogP contribution in [0.3, 0.4) is 0 Å². The highest BCUT2D eigenvalue weighted by molar-refractivity contribution is 14.0. The lowest BCUT2D eigenvalue weighted by atomic mass is 9.72. The van der Waals surface area contributed by atoms with Crippen LogP contribution >= 0.6 is 24.0 Å². The molecule has 2 aliphatic carbocycles. The molecule has 0 aromatic carbocycles. The van der Waals surface area contributed by atoms with Gasteiger partial charge < -0.3 is 20.3 Å². The Kier molecular flexibility index (Phi) is 10.1. The third-order valence-corrected chi connectivity index (χ3v) is 6.69. The van der Waals surface area contributed by atoms with Gasteiger partial charge in [-0.3, -0.25) is 0 Å². The zero-order chi connectivity index (χ0) is 19.8. The van der Waals surface area contributed by atoms with Crippen molar-refractivity contribution < 1.29 is 5.11 Å². The first-order valence-corrected chi connectivity index (χ1v) is 11.1. The van der Waals surface area contributed by atoms with Crippen molar-refractivity contribution in [1.29, 1.82) is 0 Å². The number of hydrogen-bond donors (Lipinski definition) is 3. The second-order valence-corrected chi connectivity index (χ2v) is 8.75. The molecule has 2 aliphatic rings. The largest absolute Gasteiger partial charge is 0.396 e. The lowest BCUT2D eigenvalue weighted by Crippen LogP contribution is -2.48. The lowest BCUT2D eigenvalue weighted by Gasteiger charge is -2.38. The summed E-state index contributed by atoms with van der Waals surface area (Å²) in [6.07, 6.45) is 13.5. The van der Waals surface area contributed by atoms with Gasteiger partial charge in [-0.15, -0.1) is 34.2 Å². The molecule has 3 rings (SSSR count). The highest BCUT2D eigenvalue weighted by Gasteiger charge is 2.31. The van der Waals surface area contributed by atoms with Crippen LogP contribution in [0.5, 0.6) is 0 Å². The summed E-state index contributed by atoms with van der Waals surface area (Å²) in [7, 11) is 1.99. The Hall–Kier alpha value is -0.900. The number of aromatic nitrogens is 3. The van der Waals surface area contributed by atoms with E-state index in [-0.39, 0.29) is 36.0 Å². The van der Waals surface area contributed by atoms with Gasteiger partial charge in [-0.1, -0.05) is 38.5 Å². The molecule has 0 spiro atoms. The second-order valence-electron chi connectivity index (χ2n) is 8.75. The zero-order valence-corrected chi connectivity index (χ0v) is 20.5. The lowest BCUT2D eigenvalue weighted by molar-refractivity contribution is 0.131. The van der Waals surface area contributed by atoms with E-state index in [4.69, 9.17) is 4.99 Å². The van der Waals surface area contributed by atoms with E-state index >= 15 is 0 Å². The average molecular weight is 518 g/mol. The van der Waals surface area contributed by atoms with Gasteiger partial charge in [0, 0.05) is 26.2 Å². The molecule has 7 nitrogen and oxygen atoms in total. The number of aryl methyl sites for hydroxylation is 1. The van der Waals surface area contributed by atoms with Gasteiger partial charge in [0.1, 0.15) is 12.4 Å². The summed E-state index contributed by atoms with van der Waals surface area (Å²) in [5.74, 6) is 2.67. The number of aliphatic hydroxyl groups excluding tert-OH is 1. The van der Waals surface area contributed by atoms with Gasteiger partial charge in [-0.2, -0.15) is 0 Å². The molecule has 8 heteroatoms. The number of rotatable bonds is 7. The summed E-state index contributed by atoms with van der Waals surface area (Å²) < 4.78 is 2.00. The molecule has 2 fully saturated rings. The molecule has 0 aliphatic heterocycles. The SMILES string of the molecule is Cc1nnc(CN=C(NCC2(CCO)CCCCC2)NC2CCCCC2)n1C.I. The highest BCUT2D eigenvalue weighted by atomic mass is 127. The molecule has 2 saturated carbocycles. The van der Waals surface area contributed by atoms with E-state index in [2.05, 4.69) is 20.8 Å². The maximum Gasteiger partial charge on any atom is 0.191 e. The Morgan fingerprint density at radius 2 is 1.83 bits per heavy atom. The number of aliphatic imine (C=N–C) groups is 1. The number of halogens is 1. The Labute approximate surface area is 192 Å². The van der Waals surface area contributed by atoms with Crippen molar-refractivity contribution in [2.75, 3.05) is 13.2 Å². The van der Waals surface area contributed by atoms with Crippen LogP contribution in [0.2, 0.25) is 0 Å². The zero-order valence-electron chi connectivity index (χ0n) is 18.1. The summed E-state index contributed by atoms with van der Waals surface area (Å²) in [5, 5.41) is 25.3. The molecule has 1 aromatic heterocycles. The number of nitrogens with one attached hydrogen (secondary N) is 2. The third-order valence-electron chi connectivity index (χ3n) is 6.69. The Bertz CT molecular complexity index is 630. The molecule has 0 bridgehead atoms. The third kappa shape index (κ3) is 7.08. The van der Waals surface area contributed by atoms with Crippen LogP contribution in [0, 0.1) is 12.3 Å². The van der Waals surface area contributed by atoms with E-state index in [0.717, 1.165) is 30.6 Å². The highest BCUT2D eigenvalue weighted by Crippen LogP contribution is 2.38. The fraction of sp³-hybridized carbons (Fsp3) is 0.857.